The van der Waals surface area contributed by atoms with Gasteiger partial charge in [0.25, 0.3) is 0 Å². The maximum Gasteiger partial charge on any atom is 0.138 e. The van der Waals surface area contributed by atoms with Crippen LogP contribution in [0.2, 0.25) is 0 Å². The molecule has 1 rings (SSSR count). The van der Waals surface area contributed by atoms with Gasteiger partial charge in [-0.2, -0.15) is 0 Å². The monoisotopic (exact) mass is 295 g/mol. The molecular weight excluding hydrogens is 286 g/mol. The standard InChI is InChI=1S/C7H11Br2N3/c1-12(2)4-3-5-10-6(8)7(9)11-5/h3-4H2,1-2H3,(H,10,11). The number of aromatic nitrogens is 2. The van der Waals surface area contributed by atoms with Crippen molar-refractivity contribution in [1.29, 1.82) is 0 Å². The SMILES string of the molecule is CN(C)CCc1nc(Br)c(Br)[nH]1. The van der Waals surface area contributed by atoms with Crippen molar-refractivity contribution in [2.45, 2.75) is 6.42 Å². The first kappa shape index (κ1) is 10.2. The maximum absolute atomic E-state index is 4.27. The lowest BCUT2D eigenvalue weighted by molar-refractivity contribution is 0.410. The lowest BCUT2D eigenvalue weighted by atomic mass is 10.4. The van der Waals surface area contributed by atoms with Crippen LogP contribution in [0.15, 0.2) is 9.21 Å². The molecule has 1 aromatic rings. The number of likely N-dealkylation sites (N-methyl/N-ethyl adjacent to an activating group) is 1. The van der Waals surface area contributed by atoms with Gasteiger partial charge in [-0.1, -0.05) is 0 Å². The van der Waals surface area contributed by atoms with E-state index in [-0.39, 0.29) is 0 Å². The molecule has 0 spiro atoms. The van der Waals surface area contributed by atoms with Gasteiger partial charge < -0.3 is 9.88 Å². The van der Waals surface area contributed by atoms with Crippen molar-refractivity contribution in [3.05, 3.63) is 15.0 Å². The van der Waals surface area contributed by atoms with Crippen LogP contribution in [0.1, 0.15) is 5.82 Å². The number of hydrogen-bond acceptors (Lipinski definition) is 2. The van der Waals surface area contributed by atoms with E-state index in [2.05, 4.69) is 46.7 Å². The third-order valence-corrected chi connectivity index (χ3v) is 3.14. The van der Waals surface area contributed by atoms with E-state index in [1.54, 1.807) is 0 Å². The summed E-state index contributed by atoms with van der Waals surface area (Å²) in [6, 6.07) is 0. The van der Waals surface area contributed by atoms with E-state index in [0.717, 1.165) is 28.0 Å². The van der Waals surface area contributed by atoms with Crippen LogP contribution in [0.25, 0.3) is 0 Å². The Morgan fingerprint density at radius 2 is 2.08 bits per heavy atom. The van der Waals surface area contributed by atoms with Gasteiger partial charge in [-0.15, -0.1) is 0 Å². The molecule has 0 radical (unpaired) electrons. The van der Waals surface area contributed by atoms with Crippen LogP contribution in [0.3, 0.4) is 0 Å². The summed E-state index contributed by atoms with van der Waals surface area (Å²) in [6.07, 6.45) is 0.942. The topological polar surface area (TPSA) is 31.9 Å². The number of halogens is 2. The molecule has 12 heavy (non-hydrogen) atoms. The average Bonchev–Trinajstić information content (AvgIpc) is 2.28. The van der Waals surface area contributed by atoms with Gasteiger partial charge in [0.05, 0.1) is 0 Å². The molecule has 1 aromatic heterocycles. The van der Waals surface area contributed by atoms with Gasteiger partial charge in [0.1, 0.15) is 15.0 Å². The van der Waals surface area contributed by atoms with Crippen LogP contribution in [0, 0.1) is 0 Å². The molecule has 3 nitrogen and oxygen atoms in total. The summed E-state index contributed by atoms with van der Waals surface area (Å²) in [5.74, 6) is 1.00. The van der Waals surface area contributed by atoms with Gasteiger partial charge in [-0.05, 0) is 46.0 Å². The van der Waals surface area contributed by atoms with Gasteiger partial charge in [0, 0.05) is 13.0 Å². The summed E-state index contributed by atoms with van der Waals surface area (Å²) in [4.78, 5) is 9.53. The Balaban J connectivity index is 2.53. The molecule has 0 unspecified atom stereocenters. The minimum absolute atomic E-state index is 0.844. The highest BCUT2D eigenvalue weighted by Crippen LogP contribution is 2.19. The van der Waals surface area contributed by atoms with E-state index >= 15 is 0 Å². The first-order valence-electron chi connectivity index (χ1n) is 3.64. The van der Waals surface area contributed by atoms with Crippen molar-refractivity contribution in [3.8, 4) is 0 Å². The predicted molar refractivity (Wildman–Crippen MR) is 56.2 cm³/mol. The summed E-state index contributed by atoms with van der Waals surface area (Å²) in [6.45, 7) is 1.01. The van der Waals surface area contributed by atoms with Crippen molar-refractivity contribution in [2.75, 3.05) is 20.6 Å². The van der Waals surface area contributed by atoms with E-state index in [9.17, 15) is 0 Å². The lowest BCUT2D eigenvalue weighted by Gasteiger charge is -2.06. The second kappa shape index (κ2) is 4.39. The highest BCUT2D eigenvalue weighted by Gasteiger charge is 2.04. The third kappa shape index (κ3) is 2.88. The van der Waals surface area contributed by atoms with Gasteiger partial charge in [-0.25, -0.2) is 4.98 Å². The van der Waals surface area contributed by atoms with Gasteiger partial charge in [0.2, 0.25) is 0 Å². The zero-order valence-electron chi connectivity index (χ0n) is 7.06. The van der Waals surface area contributed by atoms with Crippen molar-refractivity contribution in [2.24, 2.45) is 0 Å². The number of aromatic amines is 1. The molecule has 5 heteroatoms. The Hall–Kier alpha value is 0.130. The molecule has 1 N–H and O–H groups in total. The minimum atomic E-state index is 0.844. The lowest BCUT2D eigenvalue weighted by Crippen LogP contribution is -2.15. The molecule has 1 heterocycles. The highest BCUT2D eigenvalue weighted by atomic mass is 79.9. The predicted octanol–water partition coefficient (Wildman–Crippen LogP) is 2.04. The Labute approximate surface area is 88.8 Å². The maximum atomic E-state index is 4.27. The Morgan fingerprint density at radius 3 is 2.50 bits per heavy atom. The zero-order valence-corrected chi connectivity index (χ0v) is 10.2. The first-order valence-corrected chi connectivity index (χ1v) is 5.23. The van der Waals surface area contributed by atoms with Gasteiger partial charge in [-0.3, -0.25) is 0 Å². The normalized spacial score (nSPS) is 11.1. The molecule has 0 fully saturated rings. The second-order valence-electron chi connectivity index (χ2n) is 2.84. The van der Waals surface area contributed by atoms with Crippen molar-refractivity contribution >= 4 is 31.9 Å². The molecule has 0 amide bonds. The van der Waals surface area contributed by atoms with Crippen LogP contribution in [-0.2, 0) is 6.42 Å². The molecule has 0 aliphatic heterocycles. The van der Waals surface area contributed by atoms with E-state index in [1.165, 1.54) is 0 Å². The second-order valence-corrected chi connectivity index (χ2v) is 4.39. The van der Waals surface area contributed by atoms with Crippen molar-refractivity contribution in [1.82, 2.24) is 14.9 Å². The molecule has 68 valence electrons. The third-order valence-electron chi connectivity index (χ3n) is 1.46. The quantitative estimate of drug-likeness (QED) is 0.926. The summed E-state index contributed by atoms with van der Waals surface area (Å²) < 4.78 is 1.76. The van der Waals surface area contributed by atoms with E-state index in [0.29, 0.717) is 0 Å². The number of hydrogen-bond donors (Lipinski definition) is 1. The summed E-state index contributed by atoms with van der Waals surface area (Å²) >= 11 is 6.66. The molecule has 0 atom stereocenters. The van der Waals surface area contributed by atoms with Crippen molar-refractivity contribution in [3.63, 3.8) is 0 Å². The number of rotatable bonds is 3. The molecular formula is C7H11Br2N3. The molecule has 0 aliphatic rings. The summed E-state index contributed by atoms with van der Waals surface area (Å²) in [7, 11) is 4.10. The Kier molecular flexibility index (Phi) is 3.74. The Morgan fingerprint density at radius 1 is 1.42 bits per heavy atom. The number of nitrogens with zero attached hydrogens (tertiary/aromatic N) is 2. The number of nitrogens with one attached hydrogen (secondary N) is 1. The fraction of sp³-hybridized carbons (Fsp3) is 0.571. The van der Waals surface area contributed by atoms with Gasteiger partial charge >= 0.3 is 0 Å². The van der Waals surface area contributed by atoms with Crippen molar-refractivity contribution < 1.29 is 0 Å². The fourth-order valence-corrected chi connectivity index (χ4v) is 1.45. The van der Waals surface area contributed by atoms with Crippen LogP contribution in [0.4, 0.5) is 0 Å². The minimum Gasteiger partial charge on any atom is -0.336 e. The zero-order chi connectivity index (χ0) is 9.14. The smallest absolute Gasteiger partial charge is 0.138 e. The summed E-state index contributed by atoms with van der Waals surface area (Å²) in [5, 5.41) is 0. The van der Waals surface area contributed by atoms with Gasteiger partial charge in [0.15, 0.2) is 0 Å². The fourth-order valence-electron chi connectivity index (χ4n) is 0.822. The average molecular weight is 297 g/mol. The first-order chi connectivity index (χ1) is 5.59. The molecule has 0 bridgehead atoms. The highest BCUT2D eigenvalue weighted by molar-refractivity contribution is 9.13. The van der Waals surface area contributed by atoms with Crippen LogP contribution in [0.5, 0.6) is 0 Å². The van der Waals surface area contributed by atoms with E-state index in [4.69, 9.17) is 0 Å². The molecule has 0 saturated carbocycles. The largest absolute Gasteiger partial charge is 0.336 e. The van der Waals surface area contributed by atoms with E-state index in [1.807, 2.05) is 14.1 Å². The number of H-pyrrole nitrogens is 1. The molecule has 0 aliphatic carbocycles. The van der Waals surface area contributed by atoms with Crippen LogP contribution in [-0.4, -0.2) is 35.5 Å². The number of imidazole rings is 1. The van der Waals surface area contributed by atoms with Crippen LogP contribution < -0.4 is 0 Å². The van der Waals surface area contributed by atoms with Crippen LogP contribution >= 0.6 is 31.9 Å². The Bertz CT molecular complexity index is 238. The molecule has 0 saturated heterocycles. The summed E-state index contributed by atoms with van der Waals surface area (Å²) in [5.41, 5.74) is 0. The molecule has 0 aromatic carbocycles. The van der Waals surface area contributed by atoms with E-state index < -0.39 is 0 Å².